The maximum Gasteiger partial charge on any atom is 0.334 e. The molecule has 0 unspecified atom stereocenters. The number of aliphatic hydroxyl groups is 1. The van der Waals surface area contributed by atoms with Crippen LogP contribution in [-0.4, -0.2) is 35.4 Å². The lowest BCUT2D eigenvalue weighted by Crippen LogP contribution is -2.38. The smallest absolute Gasteiger partial charge is 0.334 e. The average Bonchev–Trinajstić information content (AvgIpc) is 2.73. The summed E-state index contributed by atoms with van der Waals surface area (Å²) in [5, 5.41) is 10.6. The molecule has 0 aromatic heterocycles. The molecule has 22 heavy (non-hydrogen) atoms. The van der Waals surface area contributed by atoms with Crippen molar-refractivity contribution in [3.05, 3.63) is 12.2 Å². The summed E-state index contributed by atoms with van der Waals surface area (Å²) in [6, 6.07) is 0. The molecule has 3 rings (SSSR count). The van der Waals surface area contributed by atoms with Crippen LogP contribution in [0, 0.1) is 23.2 Å². The first kappa shape index (κ1) is 15.5. The van der Waals surface area contributed by atoms with Crippen LogP contribution in [0.5, 0.6) is 0 Å². The fourth-order valence-corrected chi connectivity index (χ4v) is 5.03. The van der Waals surface area contributed by atoms with Crippen LogP contribution in [0.4, 0.5) is 0 Å². The molecule has 7 atom stereocenters. The van der Waals surface area contributed by atoms with Gasteiger partial charge in [-0.15, -0.1) is 0 Å². The third-order valence-electron chi connectivity index (χ3n) is 5.99. The molecule has 0 aromatic carbocycles. The first-order valence-electron chi connectivity index (χ1n) is 7.99. The Labute approximate surface area is 130 Å². The van der Waals surface area contributed by atoms with Crippen molar-refractivity contribution in [3.8, 4) is 0 Å². The van der Waals surface area contributed by atoms with E-state index in [9.17, 15) is 14.7 Å². The van der Waals surface area contributed by atoms with Crippen molar-refractivity contribution in [3.63, 3.8) is 0 Å². The molecule has 3 fully saturated rings. The Morgan fingerprint density at radius 2 is 2.14 bits per heavy atom. The van der Waals surface area contributed by atoms with Crippen molar-refractivity contribution in [2.75, 3.05) is 0 Å². The number of carbonyl (C=O) groups excluding carboxylic acids is 2. The van der Waals surface area contributed by atoms with E-state index in [1.807, 2.05) is 6.92 Å². The van der Waals surface area contributed by atoms with Gasteiger partial charge in [-0.2, -0.15) is 0 Å². The number of carbonyl (C=O) groups is 2. The molecule has 0 radical (unpaired) electrons. The Hall–Kier alpha value is -1.36. The molecule has 1 saturated heterocycles. The van der Waals surface area contributed by atoms with Crippen LogP contribution in [0.3, 0.4) is 0 Å². The highest BCUT2D eigenvalue weighted by atomic mass is 16.6. The van der Waals surface area contributed by atoms with E-state index in [0.717, 1.165) is 6.42 Å². The molecule has 0 amide bonds. The zero-order chi connectivity index (χ0) is 16.2. The average molecular weight is 308 g/mol. The molecule has 1 heterocycles. The van der Waals surface area contributed by atoms with E-state index in [1.54, 1.807) is 0 Å². The van der Waals surface area contributed by atoms with Crippen LogP contribution in [0.2, 0.25) is 0 Å². The molecule has 0 bridgehead atoms. The maximum atomic E-state index is 11.8. The Kier molecular flexibility index (Phi) is 3.59. The van der Waals surface area contributed by atoms with Gasteiger partial charge in [0.25, 0.3) is 0 Å². The number of ether oxygens (including phenoxy) is 2. The first-order valence-corrected chi connectivity index (χ1v) is 7.99. The zero-order valence-corrected chi connectivity index (χ0v) is 13.4. The minimum atomic E-state index is -0.549. The van der Waals surface area contributed by atoms with Gasteiger partial charge in [0.1, 0.15) is 12.2 Å². The summed E-state index contributed by atoms with van der Waals surface area (Å²) in [6.07, 6.45) is 0.851. The SMILES string of the molecule is C=C1C(=O)O[C@H]2C[C@H](C)[C@@H]3[C@@H](OC(C)=O)C[C@H](O)[C@@]3(C)C[C@H]12. The maximum absolute atomic E-state index is 11.8. The summed E-state index contributed by atoms with van der Waals surface area (Å²) < 4.78 is 10.9. The fourth-order valence-electron chi connectivity index (χ4n) is 5.03. The van der Waals surface area contributed by atoms with Crippen molar-refractivity contribution in [1.29, 1.82) is 0 Å². The van der Waals surface area contributed by atoms with Crippen molar-refractivity contribution in [1.82, 2.24) is 0 Å². The molecule has 1 N–H and O–H groups in total. The fraction of sp³-hybridized carbons (Fsp3) is 0.765. The number of hydrogen-bond acceptors (Lipinski definition) is 5. The third-order valence-corrected chi connectivity index (χ3v) is 5.99. The van der Waals surface area contributed by atoms with Gasteiger partial charge in [0, 0.05) is 36.2 Å². The van der Waals surface area contributed by atoms with E-state index in [1.165, 1.54) is 6.92 Å². The van der Waals surface area contributed by atoms with Gasteiger partial charge in [-0.05, 0) is 18.8 Å². The van der Waals surface area contributed by atoms with Crippen molar-refractivity contribution in [2.45, 2.75) is 58.3 Å². The minimum absolute atomic E-state index is 0.0457. The van der Waals surface area contributed by atoms with Crippen molar-refractivity contribution < 1.29 is 24.2 Å². The van der Waals surface area contributed by atoms with Crippen LogP contribution in [0.1, 0.15) is 40.0 Å². The second kappa shape index (κ2) is 5.08. The summed E-state index contributed by atoms with van der Waals surface area (Å²) in [5.41, 5.74) is 0.123. The van der Waals surface area contributed by atoms with Gasteiger partial charge in [0.05, 0.1) is 6.10 Å². The molecule has 2 aliphatic carbocycles. The number of hydrogen-bond donors (Lipinski definition) is 1. The molecule has 3 aliphatic rings. The summed E-state index contributed by atoms with van der Waals surface area (Å²) >= 11 is 0. The first-order chi connectivity index (χ1) is 10.2. The molecule has 5 nitrogen and oxygen atoms in total. The summed E-state index contributed by atoms with van der Waals surface area (Å²) in [7, 11) is 0. The lowest BCUT2D eigenvalue weighted by atomic mass is 9.69. The molecule has 0 spiro atoms. The number of aliphatic hydroxyl groups excluding tert-OH is 1. The third kappa shape index (κ3) is 2.18. The Balaban J connectivity index is 1.94. The highest BCUT2D eigenvalue weighted by Gasteiger charge is 2.60. The predicted molar refractivity (Wildman–Crippen MR) is 78.7 cm³/mol. The van der Waals surface area contributed by atoms with Gasteiger partial charge < -0.3 is 14.6 Å². The minimum Gasteiger partial charge on any atom is -0.462 e. The van der Waals surface area contributed by atoms with Gasteiger partial charge in [-0.25, -0.2) is 4.79 Å². The molecule has 1 aliphatic heterocycles. The van der Waals surface area contributed by atoms with E-state index < -0.39 is 11.5 Å². The Bertz CT molecular complexity index is 527. The normalized spacial score (nSPS) is 47.5. The summed E-state index contributed by atoms with van der Waals surface area (Å²) in [6.45, 7) is 9.42. The van der Waals surface area contributed by atoms with Crippen LogP contribution in [-0.2, 0) is 19.1 Å². The van der Waals surface area contributed by atoms with Gasteiger partial charge in [-0.1, -0.05) is 20.4 Å². The van der Waals surface area contributed by atoms with Crippen LogP contribution < -0.4 is 0 Å². The Morgan fingerprint density at radius 3 is 2.77 bits per heavy atom. The topological polar surface area (TPSA) is 72.8 Å². The summed E-state index contributed by atoms with van der Waals surface area (Å²) in [4.78, 5) is 23.2. The van der Waals surface area contributed by atoms with Crippen LogP contribution in [0.25, 0.3) is 0 Å². The van der Waals surface area contributed by atoms with Gasteiger partial charge in [-0.3, -0.25) is 4.79 Å². The lowest BCUT2D eigenvalue weighted by Gasteiger charge is -2.38. The zero-order valence-electron chi connectivity index (χ0n) is 13.4. The molecule has 0 aromatic rings. The van der Waals surface area contributed by atoms with Crippen LogP contribution in [0.15, 0.2) is 12.2 Å². The number of fused-ring (bicyclic) bond motifs is 2. The molecular weight excluding hydrogens is 284 g/mol. The standard InChI is InChI=1S/C17H24O5/c1-8-5-12-11(9(2)16(20)22-12)7-17(4)14(19)6-13(15(8)17)21-10(3)18/h8,11-15,19H,2,5-7H2,1,3-4H3/t8-,11+,12-,13-,14-,15+,17+/m0/s1. The van der Waals surface area contributed by atoms with Crippen molar-refractivity contribution in [2.24, 2.45) is 23.2 Å². The predicted octanol–water partition coefficient (Wildman–Crippen LogP) is 1.83. The number of rotatable bonds is 1. The quantitative estimate of drug-likeness (QED) is 0.591. The van der Waals surface area contributed by atoms with Gasteiger partial charge >= 0.3 is 11.9 Å². The van der Waals surface area contributed by atoms with Gasteiger partial charge in [0.2, 0.25) is 0 Å². The second-order valence-corrected chi connectivity index (χ2v) is 7.42. The van der Waals surface area contributed by atoms with Crippen LogP contribution >= 0.6 is 0 Å². The Morgan fingerprint density at radius 1 is 1.45 bits per heavy atom. The van der Waals surface area contributed by atoms with E-state index >= 15 is 0 Å². The highest BCUT2D eigenvalue weighted by molar-refractivity contribution is 5.90. The number of esters is 2. The highest BCUT2D eigenvalue weighted by Crippen LogP contribution is 2.57. The summed E-state index contributed by atoms with van der Waals surface area (Å²) in [5.74, 6) is -0.401. The lowest BCUT2D eigenvalue weighted by molar-refractivity contribution is -0.150. The van der Waals surface area contributed by atoms with Crippen molar-refractivity contribution >= 4 is 11.9 Å². The largest absolute Gasteiger partial charge is 0.462 e. The van der Waals surface area contributed by atoms with Gasteiger partial charge in [0.15, 0.2) is 0 Å². The van der Waals surface area contributed by atoms with E-state index in [-0.39, 0.29) is 41.9 Å². The monoisotopic (exact) mass is 308 g/mol. The van der Waals surface area contributed by atoms with E-state index in [4.69, 9.17) is 9.47 Å². The molecule has 5 heteroatoms. The van der Waals surface area contributed by atoms with E-state index in [0.29, 0.717) is 18.4 Å². The molecule has 122 valence electrons. The molecule has 2 saturated carbocycles. The van der Waals surface area contributed by atoms with E-state index in [2.05, 4.69) is 13.5 Å². The second-order valence-electron chi connectivity index (χ2n) is 7.42. The molecular formula is C17H24O5.